The molecule has 0 radical (unpaired) electrons. The minimum absolute atomic E-state index is 0.0568. The molecule has 0 fully saturated rings. The molecule has 0 unspecified atom stereocenters. The topological polar surface area (TPSA) is 280 Å². The van der Waals surface area contributed by atoms with Gasteiger partial charge in [-0.25, -0.2) is 52.6 Å². The summed E-state index contributed by atoms with van der Waals surface area (Å²) in [5.41, 5.74) is 0. The lowest BCUT2D eigenvalue weighted by molar-refractivity contribution is 0.536. The Kier molecular flexibility index (Phi) is 37.3. The number of benzene rings is 1. The average molecular weight is 1060 g/mol. The molecule has 1 aromatic rings. The van der Waals surface area contributed by atoms with Gasteiger partial charge in [-0.05, 0) is 63.5 Å². The fourth-order valence-corrected chi connectivity index (χ4v) is 15.1. The van der Waals surface area contributed by atoms with E-state index in [0.29, 0.717) is 77.0 Å². The van der Waals surface area contributed by atoms with E-state index >= 15 is 0 Å². The molecule has 0 aliphatic carbocycles. The Balaban J connectivity index is 3.46. The van der Waals surface area contributed by atoms with Crippen LogP contribution in [0.3, 0.4) is 0 Å². The molecule has 0 atom stereocenters. The highest BCUT2D eigenvalue weighted by Gasteiger charge is 2.39. The summed E-state index contributed by atoms with van der Waals surface area (Å²) in [5, 5.41) is 35.0. The molecule has 0 aromatic heterocycles. The predicted octanol–water partition coefficient (Wildman–Crippen LogP) is 10.9. The second-order valence-electron chi connectivity index (χ2n) is 18.3. The van der Waals surface area contributed by atoms with Gasteiger partial charge in [-0.2, -0.15) is 21.0 Å². The summed E-state index contributed by atoms with van der Waals surface area (Å²) in [5.74, 6) is 0. The van der Waals surface area contributed by atoms with Crippen molar-refractivity contribution in [2.75, 3.05) is 26.2 Å². The first kappa shape index (κ1) is 64.8. The van der Waals surface area contributed by atoms with Gasteiger partial charge in [0.05, 0.1) is 24.3 Å². The third-order valence-electron chi connectivity index (χ3n) is 12.2. The molecule has 1 aromatic carbocycles. The molecule has 398 valence electrons. The molecular weight excluding hydrogens is 969 g/mol. The Morgan fingerprint density at radius 1 is 0.271 bits per heavy atom. The van der Waals surface area contributed by atoms with Gasteiger partial charge in [0.25, 0.3) is 0 Å². The van der Waals surface area contributed by atoms with Gasteiger partial charge in [-0.15, -0.1) is 0 Å². The Hall–Kier alpha value is -3.18. The van der Waals surface area contributed by atoms with E-state index in [1.54, 1.807) is 0 Å². The van der Waals surface area contributed by atoms with Crippen molar-refractivity contribution in [3.63, 3.8) is 0 Å². The molecule has 0 aliphatic heterocycles. The lowest BCUT2D eigenvalue weighted by Crippen LogP contribution is -2.36. The van der Waals surface area contributed by atoms with Gasteiger partial charge in [-0.3, -0.25) is 0 Å². The van der Waals surface area contributed by atoms with E-state index < -0.39 is 59.7 Å². The van der Waals surface area contributed by atoms with Gasteiger partial charge in [0, 0.05) is 51.9 Å². The van der Waals surface area contributed by atoms with Crippen molar-refractivity contribution < 1.29 is 33.7 Å². The summed E-state index contributed by atoms with van der Waals surface area (Å²) in [6.45, 7) is -0.399. The summed E-state index contributed by atoms with van der Waals surface area (Å²) in [6.07, 6.45) is 28.5. The Bertz CT molecular complexity index is 2040. The van der Waals surface area contributed by atoms with Crippen molar-refractivity contribution in [1.29, 1.82) is 21.0 Å². The molecule has 0 saturated carbocycles. The summed E-state index contributed by atoms with van der Waals surface area (Å²) in [4.78, 5) is -4.02. The molecule has 0 bridgehead atoms. The van der Waals surface area contributed by atoms with Crippen molar-refractivity contribution >= 4 is 40.1 Å². The highest BCUT2D eigenvalue weighted by Crippen LogP contribution is 2.34. The largest absolute Gasteiger partial charge is 0.243 e. The number of hydrogen-bond acceptors (Lipinski definition) is 12. The van der Waals surface area contributed by atoms with Crippen LogP contribution in [0.5, 0.6) is 0 Å². The van der Waals surface area contributed by atoms with E-state index in [0.717, 1.165) is 166 Å². The minimum atomic E-state index is -4.99. The molecule has 20 heteroatoms. The summed E-state index contributed by atoms with van der Waals surface area (Å²) >= 11 is 0. The standard InChI is InChI=1S/C50H86N8O8S4/c51-39-29-21-13-5-1-9-17-25-33-43-55-67(59,60)47-37-38-48(68(61,62)56-44-34-26-18-10-2-6-14-22-30-40-52)50(70(65,66)58-46-36-28-20-12-4-8-16-24-32-42-54)49(47)69(63,64)57-45-35-27-19-11-3-7-15-23-31-41-53/h37-38,55-58H,1-36,43-46H2. The van der Waals surface area contributed by atoms with Crippen molar-refractivity contribution in [1.82, 2.24) is 18.9 Å². The van der Waals surface area contributed by atoms with Crippen LogP contribution in [0.15, 0.2) is 31.7 Å². The molecule has 70 heavy (non-hydrogen) atoms. The lowest BCUT2D eigenvalue weighted by Gasteiger charge is -2.20. The van der Waals surface area contributed by atoms with Gasteiger partial charge < -0.3 is 0 Å². The maximum Gasteiger partial charge on any atom is 0.243 e. The Morgan fingerprint density at radius 3 is 0.643 bits per heavy atom. The predicted molar refractivity (Wildman–Crippen MR) is 276 cm³/mol. The molecule has 4 N–H and O–H groups in total. The number of unbranched alkanes of at least 4 members (excludes halogenated alkanes) is 32. The molecule has 0 aliphatic rings. The van der Waals surface area contributed by atoms with Crippen LogP contribution in [-0.4, -0.2) is 59.9 Å². The molecule has 0 spiro atoms. The highest BCUT2D eigenvalue weighted by molar-refractivity contribution is 7.95. The highest BCUT2D eigenvalue weighted by atomic mass is 32.2. The Labute approximate surface area is 424 Å². The van der Waals surface area contributed by atoms with Crippen LogP contribution in [0.25, 0.3) is 0 Å². The first-order valence-corrected chi connectivity index (χ1v) is 32.3. The number of nitriles is 4. The molecule has 1 rings (SSSR count). The number of nitrogens with zero attached hydrogens (tertiary/aromatic N) is 4. The van der Waals surface area contributed by atoms with Gasteiger partial charge in [0.15, 0.2) is 0 Å². The van der Waals surface area contributed by atoms with Crippen LogP contribution in [0, 0.1) is 45.3 Å². The average Bonchev–Trinajstić information content (AvgIpc) is 3.32. The maximum atomic E-state index is 14.5. The SMILES string of the molecule is N#CCCCCCCCCCCNS(=O)(=O)c1ccc(S(=O)(=O)NCCCCCCCCCCC#N)c(S(=O)(=O)NCCCCCCCCCCC#N)c1S(=O)(=O)NCCCCCCCCCCC#N. The smallest absolute Gasteiger partial charge is 0.211 e. The molecule has 0 amide bonds. The number of rotatable bonds is 48. The van der Waals surface area contributed by atoms with Crippen LogP contribution in [0.2, 0.25) is 0 Å². The maximum absolute atomic E-state index is 14.5. The first-order chi connectivity index (χ1) is 33.7. The van der Waals surface area contributed by atoms with Crippen molar-refractivity contribution in [2.45, 2.75) is 251 Å². The van der Waals surface area contributed by atoms with E-state index in [2.05, 4.69) is 43.2 Å². The van der Waals surface area contributed by atoms with E-state index in [9.17, 15) is 33.7 Å². The lowest BCUT2D eigenvalue weighted by atomic mass is 10.1. The van der Waals surface area contributed by atoms with Gasteiger partial charge in [-0.1, -0.05) is 154 Å². The fraction of sp³-hybridized carbons (Fsp3) is 0.800. The van der Waals surface area contributed by atoms with Crippen LogP contribution in [-0.2, 0) is 40.1 Å². The number of sulfonamides is 4. The van der Waals surface area contributed by atoms with Crippen LogP contribution in [0.4, 0.5) is 0 Å². The van der Waals surface area contributed by atoms with E-state index in [4.69, 9.17) is 21.0 Å². The van der Waals surface area contributed by atoms with Crippen LogP contribution >= 0.6 is 0 Å². The Morgan fingerprint density at radius 2 is 0.443 bits per heavy atom. The van der Waals surface area contributed by atoms with Gasteiger partial charge in [0.1, 0.15) is 19.6 Å². The van der Waals surface area contributed by atoms with Gasteiger partial charge >= 0.3 is 0 Å². The summed E-state index contributed by atoms with van der Waals surface area (Å²) in [7, 11) is -19.4. The van der Waals surface area contributed by atoms with E-state index in [-0.39, 0.29) is 26.2 Å². The third kappa shape index (κ3) is 30.0. The van der Waals surface area contributed by atoms with Crippen molar-refractivity contribution in [3.8, 4) is 24.3 Å². The molecule has 0 heterocycles. The number of hydrogen-bond donors (Lipinski definition) is 4. The first-order valence-electron chi connectivity index (χ1n) is 26.3. The normalized spacial score (nSPS) is 12.1. The third-order valence-corrected chi connectivity index (χ3v) is 18.7. The summed E-state index contributed by atoms with van der Waals surface area (Å²) in [6, 6.07) is 10.3. The molecular formula is C50H86N8O8S4. The second-order valence-corrected chi connectivity index (χ2v) is 25.1. The van der Waals surface area contributed by atoms with E-state index in [1.165, 1.54) is 0 Å². The zero-order chi connectivity index (χ0) is 51.7. The van der Waals surface area contributed by atoms with Gasteiger partial charge in [0.2, 0.25) is 40.1 Å². The van der Waals surface area contributed by atoms with E-state index in [1.807, 2.05) is 0 Å². The monoisotopic (exact) mass is 1050 g/mol. The zero-order valence-electron chi connectivity index (χ0n) is 42.1. The fourth-order valence-electron chi connectivity index (χ4n) is 8.14. The summed E-state index contributed by atoms with van der Waals surface area (Å²) < 4.78 is 124. The number of nitrogens with one attached hydrogen (secondary N) is 4. The molecule has 0 saturated heterocycles. The van der Waals surface area contributed by atoms with Crippen LogP contribution < -0.4 is 18.9 Å². The molecule has 16 nitrogen and oxygen atoms in total. The van der Waals surface area contributed by atoms with Crippen LogP contribution in [0.1, 0.15) is 231 Å². The zero-order valence-corrected chi connectivity index (χ0v) is 45.4. The minimum Gasteiger partial charge on any atom is -0.211 e. The second kappa shape index (κ2) is 40.3. The van der Waals surface area contributed by atoms with Crippen molar-refractivity contribution in [3.05, 3.63) is 12.1 Å². The quantitative estimate of drug-likeness (QED) is 0.0443. The van der Waals surface area contributed by atoms with Crippen molar-refractivity contribution in [2.24, 2.45) is 0 Å².